The number of sulfonamides is 1. The highest BCUT2D eigenvalue weighted by atomic mass is 35.5. The molecular formula is C17H20ClF2N3O3S. The van der Waals surface area contributed by atoms with Crippen molar-refractivity contribution in [3.63, 3.8) is 0 Å². The lowest BCUT2D eigenvalue weighted by Crippen LogP contribution is -2.30. The molecule has 0 aliphatic rings. The quantitative estimate of drug-likeness (QED) is 0.806. The van der Waals surface area contributed by atoms with Gasteiger partial charge in [0.05, 0.1) is 5.02 Å². The Morgan fingerprint density at radius 3 is 2.37 bits per heavy atom. The summed E-state index contributed by atoms with van der Waals surface area (Å²) in [4.78, 5) is 12.2. The fourth-order valence-corrected chi connectivity index (χ4v) is 4.48. The van der Waals surface area contributed by atoms with Gasteiger partial charge in [-0.2, -0.15) is 13.9 Å². The summed E-state index contributed by atoms with van der Waals surface area (Å²) in [6.45, 7) is 5.60. The zero-order valence-electron chi connectivity index (χ0n) is 15.5. The van der Waals surface area contributed by atoms with Gasteiger partial charge in [0.15, 0.2) is 0 Å². The normalized spacial score (nSPS) is 12.6. The zero-order chi connectivity index (χ0) is 20.7. The van der Waals surface area contributed by atoms with Crippen LogP contribution in [-0.2, 0) is 23.0 Å². The lowest BCUT2D eigenvalue weighted by atomic mass is 10.0. The molecule has 0 aliphatic heterocycles. The lowest BCUT2D eigenvalue weighted by Gasteiger charge is -2.17. The maximum absolute atomic E-state index is 13.6. The van der Waals surface area contributed by atoms with Crippen LogP contribution in [0.1, 0.15) is 32.0 Å². The van der Waals surface area contributed by atoms with Gasteiger partial charge in [-0.15, -0.1) is 0 Å². The molecule has 1 aromatic heterocycles. The monoisotopic (exact) mass is 419 g/mol. The minimum absolute atomic E-state index is 0.0158. The second-order valence-corrected chi connectivity index (χ2v) is 8.72. The van der Waals surface area contributed by atoms with Crippen LogP contribution in [0.5, 0.6) is 0 Å². The fraction of sp³-hybridized carbons (Fsp3) is 0.412. The van der Waals surface area contributed by atoms with E-state index in [1.165, 1.54) is 19.2 Å². The highest BCUT2D eigenvalue weighted by Gasteiger charge is 2.29. The molecule has 1 heterocycles. The Morgan fingerprint density at radius 2 is 1.85 bits per heavy atom. The Labute approximate surface area is 161 Å². The summed E-state index contributed by atoms with van der Waals surface area (Å²) in [7, 11) is -2.64. The van der Waals surface area contributed by atoms with E-state index in [9.17, 15) is 22.0 Å². The highest BCUT2D eigenvalue weighted by molar-refractivity contribution is 7.89. The molecule has 0 fully saturated rings. The first kappa shape index (κ1) is 21.5. The molecule has 0 aliphatic carbocycles. The molecule has 0 amide bonds. The van der Waals surface area contributed by atoms with Crippen molar-refractivity contribution in [1.82, 2.24) is 14.5 Å². The number of benzene rings is 1. The smallest absolute Gasteiger partial charge is 0.286 e. The van der Waals surface area contributed by atoms with Crippen molar-refractivity contribution in [2.45, 2.75) is 44.6 Å². The van der Waals surface area contributed by atoms with Crippen LogP contribution in [-0.4, -0.2) is 24.2 Å². The summed E-state index contributed by atoms with van der Waals surface area (Å²) in [6, 6.07) is 3.06. The van der Waals surface area contributed by atoms with Gasteiger partial charge in [0.1, 0.15) is 16.3 Å². The van der Waals surface area contributed by atoms with Crippen LogP contribution >= 0.6 is 11.6 Å². The molecule has 0 unspecified atom stereocenters. The van der Waals surface area contributed by atoms with Gasteiger partial charge in [-0.05, 0) is 38.5 Å². The van der Waals surface area contributed by atoms with Crippen molar-refractivity contribution in [2.24, 2.45) is 7.05 Å². The van der Waals surface area contributed by atoms with Gasteiger partial charge in [-0.3, -0.25) is 9.48 Å². The number of halogens is 3. The molecule has 0 bridgehead atoms. The van der Waals surface area contributed by atoms with Crippen molar-refractivity contribution in [3.8, 4) is 11.3 Å². The van der Waals surface area contributed by atoms with E-state index in [0.717, 1.165) is 10.7 Å². The molecule has 10 heteroatoms. The topological polar surface area (TPSA) is 81.1 Å². The van der Waals surface area contributed by atoms with Crippen LogP contribution in [0.2, 0.25) is 5.02 Å². The highest BCUT2D eigenvalue weighted by Crippen LogP contribution is 2.31. The van der Waals surface area contributed by atoms with E-state index < -0.39 is 27.1 Å². The van der Waals surface area contributed by atoms with Crippen LogP contribution < -0.4 is 10.2 Å². The van der Waals surface area contributed by atoms with Crippen molar-refractivity contribution >= 4 is 21.6 Å². The Balaban J connectivity index is 2.73. The summed E-state index contributed by atoms with van der Waals surface area (Å²) in [6.07, 6.45) is 0. The van der Waals surface area contributed by atoms with Gasteiger partial charge in [0, 0.05) is 31.6 Å². The molecule has 1 N–H and O–H groups in total. The first-order chi connectivity index (χ1) is 12.2. The Morgan fingerprint density at radius 1 is 1.26 bits per heavy atom. The number of aryl methyl sites for hydroxylation is 2. The predicted molar refractivity (Wildman–Crippen MR) is 99.7 cm³/mol. The predicted octanol–water partition coefficient (Wildman–Crippen LogP) is 3.21. The molecule has 0 saturated carbocycles. The average Bonchev–Trinajstić information content (AvgIpc) is 2.47. The summed E-state index contributed by atoms with van der Waals surface area (Å²) in [5.41, 5.74) is -0.729. The van der Waals surface area contributed by atoms with E-state index in [-0.39, 0.29) is 27.2 Å². The second-order valence-electron chi connectivity index (χ2n) is 6.63. The summed E-state index contributed by atoms with van der Waals surface area (Å²) < 4.78 is 55.5. The molecule has 1 aromatic carbocycles. The number of alkyl halides is 2. The zero-order valence-corrected chi connectivity index (χ0v) is 17.0. The van der Waals surface area contributed by atoms with Gasteiger partial charge >= 0.3 is 0 Å². The van der Waals surface area contributed by atoms with Crippen LogP contribution in [0.25, 0.3) is 11.3 Å². The molecule has 2 rings (SSSR count). The van der Waals surface area contributed by atoms with Crippen LogP contribution in [0.4, 0.5) is 8.78 Å². The minimum atomic E-state index is -3.93. The molecule has 6 nitrogen and oxygen atoms in total. The van der Waals surface area contributed by atoms with Gasteiger partial charge < -0.3 is 0 Å². The third-order valence-electron chi connectivity index (χ3n) is 3.76. The van der Waals surface area contributed by atoms with E-state index in [1.54, 1.807) is 20.8 Å². The number of aromatic nitrogens is 2. The minimum Gasteiger partial charge on any atom is -0.287 e. The molecule has 0 saturated heterocycles. The van der Waals surface area contributed by atoms with Crippen molar-refractivity contribution in [1.29, 1.82) is 0 Å². The van der Waals surface area contributed by atoms with Crippen molar-refractivity contribution in [3.05, 3.63) is 44.7 Å². The number of nitrogens with one attached hydrogen (secondary N) is 1. The molecule has 2 aromatic rings. The Hall–Kier alpha value is -1.84. The van der Waals surface area contributed by atoms with E-state index in [2.05, 4.69) is 9.82 Å². The van der Waals surface area contributed by atoms with Crippen LogP contribution in [0, 0.1) is 6.92 Å². The SMILES string of the molecule is Cc1cc(Cl)c(S(=O)(=O)NC(C)C)cc1-c1nn(C)c(C(C)(F)F)cc1=O. The third kappa shape index (κ3) is 4.53. The molecule has 0 spiro atoms. The summed E-state index contributed by atoms with van der Waals surface area (Å²) >= 11 is 6.09. The van der Waals surface area contributed by atoms with Crippen LogP contribution in [0.3, 0.4) is 0 Å². The van der Waals surface area contributed by atoms with E-state index in [1.807, 2.05) is 0 Å². The Bertz CT molecular complexity index is 1040. The van der Waals surface area contributed by atoms with Gasteiger partial charge in [-0.25, -0.2) is 13.1 Å². The molecule has 27 heavy (non-hydrogen) atoms. The molecule has 148 valence electrons. The summed E-state index contributed by atoms with van der Waals surface area (Å²) in [5.74, 6) is -3.25. The molecule has 0 atom stereocenters. The first-order valence-corrected chi connectivity index (χ1v) is 9.89. The van der Waals surface area contributed by atoms with E-state index >= 15 is 0 Å². The average molecular weight is 420 g/mol. The largest absolute Gasteiger partial charge is 0.287 e. The van der Waals surface area contributed by atoms with Gasteiger partial charge in [-0.1, -0.05) is 11.6 Å². The number of hydrogen-bond acceptors (Lipinski definition) is 4. The van der Waals surface area contributed by atoms with Crippen molar-refractivity contribution in [2.75, 3.05) is 0 Å². The van der Waals surface area contributed by atoms with E-state index in [0.29, 0.717) is 12.5 Å². The molecule has 0 radical (unpaired) electrons. The second kappa shape index (κ2) is 7.29. The first-order valence-electron chi connectivity index (χ1n) is 8.03. The number of rotatable bonds is 5. The van der Waals surface area contributed by atoms with Gasteiger partial charge in [0.2, 0.25) is 15.5 Å². The number of nitrogens with zero attached hydrogens (tertiary/aromatic N) is 2. The standard InChI is InChI=1S/C17H20ClF2N3O3S/c1-9(2)22-27(25,26)14-7-11(10(3)6-12(14)18)16-13(24)8-15(17(4,19)20)23(5)21-16/h6-9,22H,1-5H3. The van der Waals surface area contributed by atoms with Crippen molar-refractivity contribution < 1.29 is 17.2 Å². The maximum Gasteiger partial charge on any atom is 0.286 e. The number of hydrogen-bond donors (Lipinski definition) is 1. The fourth-order valence-electron chi connectivity index (χ4n) is 2.62. The lowest BCUT2D eigenvalue weighted by molar-refractivity contribution is 0.00754. The van der Waals surface area contributed by atoms with E-state index in [4.69, 9.17) is 11.6 Å². The van der Waals surface area contributed by atoms with Gasteiger partial charge in [0.25, 0.3) is 5.92 Å². The molecular weight excluding hydrogens is 400 g/mol. The third-order valence-corrected chi connectivity index (χ3v) is 5.89. The summed E-state index contributed by atoms with van der Waals surface area (Å²) in [5, 5.41) is 3.93. The maximum atomic E-state index is 13.6. The Kier molecular flexibility index (Phi) is 5.79. The van der Waals surface area contributed by atoms with Crippen LogP contribution in [0.15, 0.2) is 27.9 Å².